The van der Waals surface area contributed by atoms with Gasteiger partial charge in [0.05, 0.1) is 29.1 Å². The fraction of sp³-hybridized carbons (Fsp3) is 0.524. The Morgan fingerprint density at radius 3 is 2.42 bits per heavy atom. The predicted octanol–water partition coefficient (Wildman–Crippen LogP) is 3.39. The number of nitriles is 1. The van der Waals surface area contributed by atoms with Crippen LogP contribution in [0.25, 0.3) is 10.9 Å². The van der Waals surface area contributed by atoms with Crippen LogP contribution in [-0.2, 0) is 9.47 Å². The van der Waals surface area contributed by atoms with E-state index >= 15 is 0 Å². The van der Waals surface area contributed by atoms with E-state index in [1.165, 1.54) is 4.68 Å². The van der Waals surface area contributed by atoms with Gasteiger partial charge in [-0.25, -0.2) is 18.7 Å². The molecule has 166 valence electrons. The first kappa shape index (κ1) is 22.3. The number of nitrogens with zero attached hydrogens (tertiary/aromatic N) is 4. The van der Waals surface area contributed by atoms with Crippen LogP contribution in [0, 0.1) is 17.1 Å². The lowest BCUT2D eigenvalue weighted by atomic mass is 10.1. The number of aromatic nitrogens is 2. The fourth-order valence-corrected chi connectivity index (χ4v) is 3.71. The summed E-state index contributed by atoms with van der Waals surface area (Å²) in [5, 5.41) is 9.34. The number of carbonyl (C=O) groups is 2. The van der Waals surface area contributed by atoms with Crippen molar-refractivity contribution >= 4 is 23.1 Å². The molecular formula is C21H25FN4O5. The van der Waals surface area contributed by atoms with Gasteiger partial charge in [-0.2, -0.15) is 9.94 Å². The molecule has 31 heavy (non-hydrogen) atoms. The maximum Gasteiger partial charge on any atom is 0.433 e. The third-order valence-corrected chi connectivity index (χ3v) is 4.97. The molecule has 0 bridgehead atoms. The molecule has 1 aromatic carbocycles. The average Bonchev–Trinajstić information content (AvgIpc) is 2.98. The molecule has 1 aromatic heterocycles. The second kappa shape index (κ2) is 8.41. The highest BCUT2D eigenvalue weighted by atomic mass is 19.1. The van der Waals surface area contributed by atoms with Gasteiger partial charge in [0.15, 0.2) is 0 Å². The summed E-state index contributed by atoms with van der Waals surface area (Å²) in [5.74, 6) is -0.737. The zero-order chi connectivity index (χ0) is 22.9. The Labute approximate surface area is 178 Å². The second-order valence-corrected chi connectivity index (χ2v) is 8.32. The van der Waals surface area contributed by atoms with E-state index in [0.29, 0.717) is 25.9 Å². The van der Waals surface area contributed by atoms with Gasteiger partial charge in [-0.3, -0.25) is 4.79 Å². The normalized spacial score (nSPS) is 15.0. The highest BCUT2D eigenvalue weighted by Crippen LogP contribution is 2.27. The number of benzene rings is 1. The van der Waals surface area contributed by atoms with Crippen LogP contribution in [-0.4, -0.2) is 51.7 Å². The Kier molecular flexibility index (Phi) is 6.06. The van der Waals surface area contributed by atoms with E-state index in [1.54, 1.807) is 32.6 Å². The molecule has 1 aliphatic heterocycles. The molecule has 9 nitrogen and oxygen atoms in total. The molecule has 0 aliphatic carbocycles. The topological polar surface area (TPSA) is 107 Å². The highest BCUT2D eigenvalue weighted by Gasteiger charge is 2.32. The van der Waals surface area contributed by atoms with Gasteiger partial charge >= 0.3 is 12.2 Å². The van der Waals surface area contributed by atoms with E-state index in [2.05, 4.69) is 0 Å². The van der Waals surface area contributed by atoms with Gasteiger partial charge in [-0.1, -0.05) is 0 Å². The Balaban J connectivity index is 2.01. The largest absolute Gasteiger partial charge is 0.448 e. The van der Waals surface area contributed by atoms with Gasteiger partial charge in [-0.15, -0.1) is 0 Å². The number of rotatable bonds is 2. The number of ether oxygens (including phenoxy) is 2. The molecule has 1 aliphatic rings. The van der Waals surface area contributed by atoms with Gasteiger partial charge in [0.1, 0.15) is 17.5 Å². The third kappa shape index (κ3) is 4.40. The molecule has 1 amide bonds. The molecule has 0 unspecified atom stereocenters. The molecule has 2 heterocycles. The number of likely N-dealkylation sites (tertiary alicyclic amines) is 1. The first-order valence-corrected chi connectivity index (χ1v) is 10.1. The number of hydrogen-bond donors (Lipinski definition) is 0. The van der Waals surface area contributed by atoms with Crippen molar-refractivity contribution < 1.29 is 23.5 Å². The molecular weight excluding hydrogens is 407 g/mol. The summed E-state index contributed by atoms with van der Waals surface area (Å²) >= 11 is 0. The van der Waals surface area contributed by atoms with Crippen molar-refractivity contribution in [2.45, 2.75) is 52.2 Å². The quantitative estimate of drug-likeness (QED) is 0.720. The Hall–Kier alpha value is -3.35. The minimum atomic E-state index is -0.835. The SMILES string of the molecule is CCOC(=O)n1c2cc(F)cc(C#N)c2c(=O)n1C1CCN(C(=O)OC(C)(C)C)CC1. The second-order valence-electron chi connectivity index (χ2n) is 8.32. The summed E-state index contributed by atoms with van der Waals surface area (Å²) < 4.78 is 26.8. The number of carbonyl (C=O) groups excluding carboxylic acids is 2. The van der Waals surface area contributed by atoms with Gasteiger partial charge in [0.2, 0.25) is 0 Å². The molecule has 1 saturated heterocycles. The van der Waals surface area contributed by atoms with Crippen LogP contribution in [0.1, 0.15) is 52.1 Å². The van der Waals surface area contributed by atoms with Crippen molar-refractivity contribution in [1.82, 2.24) is 14.3 Å². The van der Waals surface area contributed by atoms with Crippen LogP contribution >= 0.6 is 0 Å². The van der Waals surface area contributed by atoms with Crippen molar-refractivity contribution in [1.29, 1.82) is 5.26 Å². The van der Waals surface area contributed by atoms with E-state index in [0.717, 1.165) is 16.8 Å². The minimum absolute atomic E-state index is 0.0189. The molecule has 0 atom stereocenters. The van der Waals surface area contributed by atoms with Crippen molar-refractivity contribution in [3.05, 3.63) is 33.9 Å². The van der Waals surface area contributed by atoms with Crippen molar-refractivity contribution in [2.75, 3.05) is 19.7 Å². The zero-order valence-electron chi connectivity index (χ0n) is 18.0. The Morgan fingerprint density at radius 1 is 1.23 bits per heavy atom. The van der Waals surface area contributed by atoms with Crippen molar-refractivity contribution in [2.24, 2.45) is 0 Å². The van der Waals surface area contributed by atoms with Crippen LogP contribution in [0.15, 0.2) is 16.9 Å². The summed E-state index contributed by atoms with van der Waals surface area (Å²) in [6.07, 6.45) is -0.532. The van der Waals surface area contributed by atoms with Crippen LogP contribution in [0.3, 0.4) is 0 Å². The third-order valence-electron chi connectivity index (χ3n) is 4.97. The van der Waals surface area contributed by atoms with Gasteiger partial charge in [0, 0.05) is 19.2 Å². The van der Waals surface area contributed by atoms with Crippen LogP contribution in [0.2, 0.25) is 0 Å². The number of amides is 1. The lowest BCUT2D eigenvalue weighted by Crippen LogP contribution is -2.44. The predicted molar refractivity (Wildman–Crippen MR) is 109 cm³/mol. The first-order valence-electron chi connectivity index (χ1n) is 10.1. The lowest BCUT2D eigenvalue weighted by molar-refractivity contribution is 0.0179. The number of fused-ring (bicyclic) bond motifs is 1. The standard InChI is InChI=1S/C21H25FN4O5/c1-5-30-20(29)26-16-11-14(22)10-13(12-23)17(16)18(27)25(26)15-6-8-24(9-7-15)19(28)31-21(2,3)4/h10-11,15H,5-9H2,1-4H3. The Morgan fingerprint density at radius 2 is 1.87 bits per heavy atom. The summed E-state index contributed by atoms with van der Waals surface area (Å²) in [6, 6.07) is 3.38. The maximum absolute atomic E-state index is 14.1. The average molecular weight is 432 g/mol. The van der Waals surface area contributed by atoms with E-state index in [1.807, 2.05) is 6.07 Å². The lowest BCUT2D eigenvalue weighted by Gasteiger charge is -2.34. The molecule has 1 fully saturated rings. The summed E-state index contributed by atoms with van der Waals surface area (Å²) in [7, 11) is 0. The van der Waals surface area contributed by atoms with Gasteiger partial charge in [0.25, 0.3) is 5.56 Å². The Bertz CT molecular complexity index is 1110. The van der Waals surface area contributed by atoms with Crippen LogP contribution < -0.4 is 5.56 Å². The molecule has 0 N–H and O–H groups in total. The summed E-state index contributed by atoms with van der Waals surface area (Å²) in [6.45, 7) is 7.64. The van der Waals surface area contributed by atoms with E-state index in [4.69, 9.17) is 9.47 Å². The molecule has 0 saturated carbocycles. The van der Waals surface area contributed by atoms with Crippen LogP contribution in [0.4, 0.5) is 14.0 Å². The van der Waals surface area contributed by atoms with Gasteiger partial charge < -0.3 is 14.4 Å². The molecule has 0 radical (unpaired) electrons. The van der Waals surface area contributed by atoms with E-state index in [-0.39, 0.29) is 23.1 Å². The molecule has 10 heteroatoms. The number of hydrogen-bond acceptors (Lipinski definition) is 6. The minimum Gasteiger partial charge on any atom is -0.448 e. The monoisotopic (exact) mass is 432 g/mol. The van der Waals surface area contributed by atoms with E-state index in [9.17, 15) is 24.0 Å². The van der Waals surface area contributed by atoms with Crippen LogP contribution in [0.5, 0.6) is 0 Å². The number of halogens is 1. The number of piperidine rings is 1. The van der Waals surface area contributed by atoms with Crippen molar-refractivity contribution in [3.8, 4) is 6.07 Å². The van der Waals surface area contributed by atoms with Crippen molar-refractivity contribution in [3.63, 3.8) is 0 Å². The smallest absolute Gasteiger partial charge is 0.433 e. The van der Waals surface area contributed by atoms with E-state index < -0.39 is 35.2 Å². The fourth-order valence-electron chi connectivity index (χ4n) is 3.71. The highest BCUT2D eigenvalue weighted by molar-refractivity contribution is 5.91. The van der Waals surface area contributed by atoms with Gasteiger partial charge in [-0.05, 0) is 46.6 Å². The first-order chi connectivity index (χ1) is 14.6. The molecule has 3 rings (SSSR count). The summed E-state index contributed by atoms with van der Waals surface area (Å²) in [4.78, 5) is 39.7. The molecule has 2 aromatic rings. The zero-order valence-corrected chi connectivity index (χ0v) is 18.0. The summed E-state index contributed by atoms with van der Waals surface area (Å²) in [5.41, 5.74) is -1.37. The maximum atomic E-state index is 14.1. The molecule has 0 spiro atoms.